The predicted molar refractivity (Wildman–Crippen MR) is 65.9 cm³/mol. The summed E-state index contributed by atoms with van der Waals surface area (Å²) in [4.78, 5) is 16.2. The smallest absolute Gasteiger partial charge is 0.186 e. The van der Waals surface area contributed by atoms with E-state index in [0.717, 1.165) is 7.06 Å². The summed E-state index contributed by atoms with van der Waals surface area (Å²) < 4.78 is 0. The fourth-order valence-electron chi connectivity index (χ4n) is 0. The number of rotatable bonds is 1. The van der Waals surface area contributed by atoms with Crippen molar-refractivity contribution >= 4 is 58.3 Å². The zero-order valence-electron chi connectivity index (χ0n) is 8.77. The molecule has 9 heteroatoms. The van der Waals surface area contributed by atoms with Gasteiger partial charge in [-0.2, -0.15) is 9.59 Å². The minimum Gasteiger partial charge on any atom is -0.186 e. The van der Waals surface area contributed by atoms with Crippen molar-refractivity contribution in [3.8, 4) is 0 Å². The molecule has 0 amide bonds. The van der Waals surface area contributed by atoms with Crippen molar-refractivity contribution in [2.24, 2.45) is 0 Å². The van der Waals surface area contributed by atoms with E-state index in [2.05, 4.69) is 52.5 Å². The molecule has 0 saturated heterocycles. The molecule has 0 N–H and O–H groups in total. The van der Waals surface area contributed by atoms with Crippen molar-refractivity contribution in [3.05, 3.63) is 0 Å². The summed E-state index contributed by atoms with van der Waals surface area (Å²) >= 11 is 0. The summed E-state index contributed by atoms with van der Waals surface area (Å²) in [7, 11) is 24.0. The van der Waals surface area contributed by atoms with Gasteiger partial charge in [0, 0.05) is 52.1 Å². The van der Waals surface area contributed by atoms with Gasteiger partial charge >= 0.3 is 6.15 Å². The largest absolute Gasteiger partial charge is 0.373 e. The van der Waals surface area contributed by atoms with Gasteiger partial charge < -0.3 is 0 Å². The van der Waals surface area contributed by atoms with Crippen molar-refractivity contribution in [3.63, 3.8) is 0 Å². The maximum atomic E-state index is 8.12. The molecule has 0 heterocycles. The van der Waals surface area contributed by atoms with Crippen molar-refractivity contribution < 1.29 is 9.59 Å². The summed E-state index contributed by atoms with van der Waals surface area (Å²) in [6.07, 6.45) is 2.22. The lowest BCUT2D eigenvalue weighted by Crippen LogP contribution is -2.11. The van der Waals surface area contributed by atoms with Crippen LogP contribution in [0, 0.1) is 0 Å². The van der Waals surface area contributed by atoms with Crippen LogP contribution in [0.15, 0.2) is 0 Å². The van der Waals surface area contributed by atoms with E-state index in [-0.39, 0.29) is 6.15 Å². The fraction of sp³-hybridized carbons (Fsp3) is 0.800. The molecule has 0 saturated carbocycles. The Labute approximate surface area is 95.0 Å². The summed E-state index contributed by atoms with van der Waals surface area (Å²) in [5.74, 6) is 0. The van der Waals surface area contributed by atoms with Gasteiger partial charge in [-0.25, -0.2) is 0 Å². The van der Waals surface area contributed by atoms with E-state index < -0.39 is 6.39 Å². The Morgan fingerprint density at radius 2 is 1.14 bits per heavy atom. The zero-order valence-corrected chi connectivity index (χ0v) is 8.77. The molecule has 0 aromatic carbocycles. The summed E-state index contributed by atoms with van der Waals surface area (Å²) in [5.41, 5.74) is 0. The quantitative estimate of drug-likeness (QED) is 0.460. The Morgan fingerprint density at radius 3 is 1.14 bits per heavy atom. The predicted octanol–water partition coefficient (Wildman–Crippen LogP) is -1.44. The molecule has 2 nitrogen and oxygen atoms in total. The molecule has 11 radical (unpaired) electrons. The topological polar surface area (TPSA) is 34.1 Å². The van der Waals surface area contributed by atoms with Gasteiger partial charge in [0.1, 0.15) is 0 Å². The van der Waals surface area contributed by atoms with Crippen LogP contribution in [0.25, 0.3) is 0 Å². The Kier molecular flexibility index (Phi) is 64.8. The van der Waals surface area contributed by atoms with Crippen molar-refractivity contribution in [1.29, 1.82) is 0 Å². The molecule has 0 spiro atoms. The number of carbonyl (C=O) groups excluding carboxylic acids is 2. The second-order valence-corrected chi connectivity index (χ2v) is 1.85. The fourth-order valence-corrected chi connectivity index (χ4v) is 0. The molecule has 0 aromatic heterocycles. The Morgan fingerprint density at radius 1 is 1.07 bits per heavy atom. The van der Waals surface area contributed by atoms with Crippen molar-refractivity contribution in [2.45, 2.75) is 26.7 Å². The third-order valence-corrected chi connectivity index (χ3v) is 0.500. The van der Waals surface area contributed by atoms with Gasteiger partial charge in [-0.15, -0.1) is 0 Å². The normalized spacial score (nSPS) is 5.29. The third kappa shape index (κ3) is 1990. The van der Waals surface area contributed by atoms with E-state index in [0.29, 0.717) is 0 Å². The van der Waals surface area contributed by atoms with Crippen LogP contribution in [0.3, 0.4) is 0 Å². The van der Waals surface area contributed by atoms with E-state index >= 15 is 0 Å². The summed E-state index contributed by atoms with van der Waals surface area (Å²) in [6.45, 7) is 4.36. The standard InChI is InChI=1S/C4H10.CO2.B4.B3/c1-3-4-2;2-1-3;1-4(2)3;1-3-2/h3-4H2,1-2H3;;;. The summed E-state index contributed by atoms with van der Waals surface area (Å²) in [6, 6.07) is 0. The van der Waals surface area contributed by atoms with E-state index in [9.17, 15) is 0 Å². The average Bonchev–Trinajstić information content (AvgIpc) is 2.06. The van der Waals surface area contributed by atoms with E-state index in [1.54, 1.807) is 0 Å². The maximum absolute atomic E-state index is 8.12. The number of unbranched alkanes of at least 4 members (excludes halogenated alkanes) is 1. The van der Waals surface area contributed by atoms with Crippen LogP contribution in [0.1, 0.15) is 26.7 Å². The van der Waals surface area contributed by atoms with Crippen LogP contribution in [-0.4, -0.2) is 58.3 Å². The third-order valence-electron chi connectivity index (χ3n) is 0.500. The van der Waals surface area contributed by atoms with Gasteiger partial charge in [-0.05, 0) is 0 Å². The van der Waals surface area contributed by atoms with Gasteiger partial charge in [0.2, 0.25) is 0 Å². The molecule has 14 heavy (non-hydrogen) atoms. The average molecular weight is 178 g/mol. The molecule has 0 aliphatic rings. The summed E-state index contributed by atoms with van der Waals surface area (Å²) in [5, 5.41) is 0. The molecule has 63 valence electrons. The van der Waals surface area contributed by atoms with E-state index in [4.69, 9.17) is 9.59 Å². The Hall–Kier alpha value is -0.165. The maximum Gasteiger partial charge on any atom is 0.373 e. The van der Waals surface area contributed by atoms with Crippen LogP contribution in [0.4, 0.5) is 0 Å². The highest BCUT2D eigenvalue weighted by atomic mass is 16.2. The Bertz CT molecular complexity index is 89.3. The van der Waals surface area contributed by atoms with E-state index in [1.807, 2.05) is 0 Å². The first-order chi connectivity index (χ1) is 6.47. The van der Waals surface area contributed by atoms with Gasteiger partial charge in [-0.1, -0.05) is 26.7 Å². The molecule has 0 aliphatic heterocycles. The molecule has 0 rings (SSSR count). The van der Waals surface area contributed by atoms with Gasteiger partial charge in [-0.3, -0.25) is 0 Å². The highest BCUT2D eigenvalue weighted by molar-refractivity contribution is 7.49. The van der Waals surface area contributed by atoms with Crippen LogP contribution in [-0.2, 0) is 9.59 Å². The molecule has 0 unspecified atom stereocenters. The lowest BCUT2D eigenvalue weighted by Gasteiger charge is -1.73. The first-order valence-corrected chi connectivity index (χ1v) is 3.99. The monoisotopic (exact) mass is 179 g/mol. The number of hydrogen-bond donors (Lipinski definition) is 0. The molecule has 0 aliphatic carbocycles. The first kappa shape index (κ1) is 23.6. The SMILES string of the molecule is CCCC.O=C=O.[B]B([B])[B].[B][B][B]. The first-order valence-electron chi connectivity index (χ1n) is 3.99. The van der Waals surface area contributed by atoms with Crippen LogP contribution in [0.2, 0.25) is 0 Å². The van der Waals surface area contributed by atoms with Crippen LogP contribution >= 0.6 is 0 Å². The second kappa shape index (κ2) is 38.5. The number of hydrogen-bond acceptors (Lipinski definition) is 2. The Balaban J connectivity index is -0.0000000482. The van der Waals surface area contributed by atoms with Gasteiger partial charge in [0.05, 0.1) is 0 Å². The van der Waals surface area contributed by atoms with Crippen molar-refractivity contribution in [1.82, 2.24) is 0 Å². The van der Waals surface area contributed by atoms with Crippen molar-refractivity contribution in [2.75, 3.05) is 0 Å². The lowest BCUT2D eigenvalue weighted by atomic mass is 9.08. The molecule has 0 bridgehead atoms. The molecular formula is C5H10B7O2. The molecular weight excluding hydrogens is 168 g/mol. The van der Waals surface area contributed by atoms with Gasteiger partial charge in [0.25, 0.3) is 0 Å². The minimum absolute atomic E-state index is 0.250. The highest BCUT2D eigenvalue weighted by Gasteiger charge is 1.73. The highest BCUT2D eigenvalue weighted by Crippen LogP contribution is 1.76. The lowest BCUT2D eigenvalue weighted by molar-refractivity contribution is -0.191. The van der Waals surface area contributed by atoms with Crippen LogP contribution < -0.4 is 0 Å². The zero-order chi connectivity index (χ0) is 12.4. The molecule has 0 fully saturated rings. The molecule has 0 aromatic rings. The van der Waals surface area contributed by atoms with Gasteiger partial charge in [0.15, 0.2) is 0 Å². The van der Waals surface area contributed by atoms with E-state index in [1.165, 1.54) is 12.8 Å². The van der Waals surface area contributed by atoms with Crippen LogP contribution in [0.5, 0.6) is 0 Å². The minimum atomic E-state index is -0.667. The second-order valence-electron chi connectivity index (χ2n) is 1.85. The molecule has 0 atom stereocenters.